The molecule has 1 amide bonds. The number of aromatic nitrogens is 1. The number of amides is 1. The Bertz CT molecular complexity index is 1450. The monoisotopic (exact) mass is 599 g/mol. The molecule has 1 N–H and O–H groups in total. The van der Waals surface area contributed by atoms with Gasteiger partial charge in [0.15, 0.2) is 11.5 Å². The lowest BCUT2D eigenvalue weighted by Crippen LogP contribution is -2.17. The van der Waals surface area contributed by atoms with Crippen molar-refractivity contribution >= 4 is 51.3 Å². The largest absolute Gasteiger partial charge is 0.493 e. The number of nitrogens with one attached hydrogen (secondary N) is 1. The molecule has 0 spiro atoms. The molecule has 9 heteroatoms. The van der Waals surface area contributed by atoms with Crippen molar-refractivity contribution in [3.63, 3.8) is 0 Å². The number of hydrogen-bond donors (Lipinski definition) is 1. The summed E-state index contributed by atoms with van der Waals surface area (Å²) in [5.74, 6) is 0.716. The third kappa shape index (κ3) is 6.36. The summed E-state index contributed by atoms with van der Waals surface area (Å²) >= 11 is 15.7. The van der Waals surface area contributed by atoms with Gasteiger partial charge in [0.1, 0.15) is 6.61 Å². The molecule has 0 radical (unpaired) electrons. The van der Waals surface area contributed by atoms with Crippen molar-refractivity contribution in [2.24, 2.45) is 5.10 Å². The lowest BCUT2D eigenvalue weighted by molar-refractivity contribution is 0.0955. The van der Waals surface area contributed by atoms with Gasteiger partial charge in [-0.25, -0.2) is 5.43 Å². The van der Waals surface area contributed by atoms with Crippen molar-refractivity contribution in [3.8, 4) is 17.2 Å². The number of halogens is 3. The number of carbonyl (C=O) groups is 1. The Kier molecular flexibility index (Phi) is 8.59. The normalized spacial score (nSPS) is 11.1. The summed E-state index contributed by atoms with van der Waals surface area (Å²) in [6.07, 6.45) is 1.53. The highest BCUT2D eigenvalue weighted by molar-refractivity contribution is 9.10. The first-order chi connectivity index (χ1) is 17.8. The van der Waals surface area contributed by atoms with Crippen molar-refractivity contribution in [3.05, 3.63) is 109 Å². The number of hydrazone groups is 1. The van der Waals surface area contributed by atoms with E-state index in [4.69, 9.17) is 32.7 Å². The highest BCUT2D eigenvalue weighted by Crippen LogP contribution is 2.34. The molecule has 0 unspecified atom stereocenters. The van der Waals surface area contributed by atoms with E-state index in [1.807, 2.05) is 32.0 Å². The second-order valence-corrected chi connectivity index (χ2v) is 9.94. The topological polar surface area (TPSA) is 64.8 Å². The molecular formula is C28H24BrCl2N3O3. The molecule has 4 rings (SSSR count). The molecule has 3 aromatic carbocycles. The van der Waals surface area contributed by atoms with Gasteiger partial charge in [0.2, 0.25) is 0 Å². The molecule has 0 aliphatic heterocycles. The minimum Gasteiger partial charge on any atom is -0.493 e. The minimum atomic E-state index is -0.313. The molecule has 0 bridgehead atoms. The van der Waals surface area contributed by atoms with E-state index in [1.165, 1.54) is 6.21 Å². The summed E-state index contributed by atoms with van der Waals surface area (Å²) in [5, 5.41) is 5.19. The highest BCUT2D eigenvalue weighted by Gasteiger charge is 2.12. The van der Waals surface area contributed by atoms with Crippen LogP contribution in [-0.4, -0.2) is 23.8 Å². The molecule has 37 heavy (non-hydrogen) atoms. The van der Waals surface area contributed by atoms with E-state index < -0.39 is 0 Å². The molecule has 0 aliphatic rings. The second kappa shape index (κ2) is 11.9. The predicted molar refractivity (Wildman–Crippen MR) is 152 cm³/mol. The first-order valence-corrected chi connectivity index (χ1v) is 12.8. The third-order valence-corrected chi connectivity index (χ3v) is 6.98. The number of benzene rings is 3. The van der Waals surface area contributed by atoms with Crippen molar-refractivity contribution in [2.45, 2.75) is 20.5 Å². The second-order valence-electron chi connectivity index (χ2n) is 8.25. The number of carbonyl (C=O) groups excluding carboxylic acids is 1. The lowest BCUT2D eigenvalue weighted by atomic mass is 10.2. The zero-order valence-electron chi connectivity index (χ0n) is 20.4. The fourth-order valence-electron chi connectivity index (χ4n) is 3.78. The lowest BCUT2D eigenvalue weighted by Gasteiger charge is -2.13. The van der Waals surface area contributed by atoms with Crippen LogP contribution in [0.4, 0.5) is 0 Å². The molecule has 0 fully saturated rings. The van der Waals surface area contributed by atoms with E-state index in [0.29, 0.717) is 37.1 Å². The number of nitrogens with zero attached hydrogens (tertiary/aromatic N) is 2. The minimum absolute atomic E-state index is 0.241. The summed E-state index contributed by atoms with van der Waals surface area (Å²) in [6, 6.07) is 20.3. The summed E-state index contributed by atoms with van der Waals surface area (Å²) in [5.41, 5.74) is 7.82. The van der Waals surface area contributed by atoms with E-state index in [0.717, 1.165) is 22.6 Å². The number of rotatable bonds is 8. The van der Waals surface area contributed by atoms with Crippen molar-refractivity contribution in [1.29, 1.82) is 0 Å². The van der Waals surface area contributed by atoms with Crippen LogP contribution in [0, 0.1) is 13.8 Å². The number of ether oxygens (including phenoxy) is 2. The quantitative estimate of drug-likeness (QED) is 0.168. The fourth-order valence-corrected chi connectivity index (χ4v) is 4.67. The Hall–Kier alpha value is -3.26. The molecule has 0 aliphatic carbocycles. The van der Waals surface area contributed by atoms with Crippen LogP contribution in [-0.2, 0) is 6.61 Å². The molecule has 1 aromatic heterocycles. The first-order valence-electron chi connectivity index (χ1n) is 11.3. The zero-order valence-corrected chi connectivity index (χ0v) is 23.5. The smallest absolute Gasteiger partial charge is 0.271 e. The van der Waals surface area contributed by atoms with Crippen LogP contribution in [0.15, 0.2) is 76.3 Å². The van der Waals surface area contributed by atoms with Gasteiger partial charge in [0.25, 0.3) is 5.91 Å². The number of hydrogen-bond acceptors (Lipinski definition) is 4. The van der Waals surface area contributed by atoms with Crippen LogP contribution in [0.3, 0.4) is 0 Å². The average molecular weight is 601 g/mol. The number of aryl methyl sites for hydroxylation is 2. The maximum absolute atomic E-state index is 12.6. The van der Waals surface area contributed by atoms with Gasteiger partial charge in [0.05, 0.1) is 13.3 Å². The van der Waals surface area contributed by atoms with Gasteiger partial charge in [0, 0.05) is 48.3 Å². The summed E-state index contributed by atoms with van der Waals surface area (Å²) in [6.45, 7) is 4.33. The molecule has 0 saturated carbocycles. The van der Waals surface area contributed by atoms with Gasteiger partial charge in [-0.1, -0.05) is 29.3 Å². The summed E-state index contributed by atoms with van der Waals surface area (Å²) in [7, 11) is 1.55. The third-order valence-electron chi connectivity index (χ3n) is 5.71. The predicted octanol–water partition coefficient (Wildman–Crippen LogP) is 7.51. The molecule has 0 saturated heterocycles. The number of methoxy groups -OCH3 is 1. The van der Waals surface area contributed by atoms with Crippen LogP contribution in [0.25, 0.3) is 5.69 Å². The van der Waals surface area contributed by atoms with Crippen molar-refractivity contribution in [1.82, 2.24) is 9.99 Å². The van der Waals surface area contributed by atoms with E-state index in [-0.39, 0.29) is 12.5 Å². The van der Waals surface area contributed by atoms with E-state index in [1.54, 1.807) is 43.5 Å². The van der Waals surface area contributed by atoms with Gasteiger partial charge < -0.3 is 14.0 Å². The molecule has 6 nitrogen and oxygen atoms in total. The van der Waals surface area contributed by atoms with Gasteiger partial charge in [-0.2, -0.15) is 5.10 Å². The first kappa shape index (κ1) is 26.8. The standard InChI is InChI=1S/C28H24BrCl2N3O3/c1-17-4-5-18(2)34(17)23-10-7-19(8-11-23)28(35)33-32-15-21-12-26(36-3)27(14-24(21)29)37-16-20-6-9-22(30)13-25(20)31/h4-15H,16H2,1-3H3,(H,33,35)/b32-15-. The highest BCUT2D eigenvalue weighted by atomic mass is 79.9. The van der Waals surface area contributed by atoms with Crippen molar-refractivity contribution < 1.29 is 14.3 Å². The Morgan fingerprint density at radius 2 is 1.70 bits per heavy atom. The van der Waals surface area contributed by atoms with Gasteiger partial charge in [-0.15, -0.1) is 0 Å². The molecular weight excluding hydrogens is 577 g/mol. The van der Waals surface area contributed by atoms with Crippen LogP contribution in [0.5, 0.6) is 11.5 Å². The molecule has 190 valence electrons. The van der Waals surface area contributed by atoms with E-state index in [9.17, 15) is 4.79 Å². The summed E-state index contributed by atoms with van der Waals surface area (Å²) < 4.78 is 14.2. The van der Waals surface area contributed by atoms with Gasteiger partial charge >= 0.3 is 0 Å². The summed E-state index contributed by atoms with van der Waals surface area (Å²) in [4.78, 5) is 12.6. The van der Waals surface area contributed by atoms with Crippen LogP contribution in [0.2, 0.25) is 10.0 Å². The Balaban J connectivity index is 1.42. The fraction of sp³-hybridized carbons (Fsp3) is 0.143. The maximum Gasteiger partial charge on any atom is 0.271 e. The molecule has 0 atom stereocenters. The average Bonchev–Trinajstić information content (AvgIpc) is 3.22. The Morgan fingerprint density at radius 3 is 2.35 bits per heavy atom. The van der Waals surface area contributed by atoms with E-state index >= 15 is 0 Å². The van der Waals surface area contributed by atoms with E-state index in [2.05, 4.69) is 43.2 Å². The Morgan fingerprint density at radius 1 is 1.00 bits per heavy atom. The maximum atomic E-state index is 12.6. The van der Waals surface area contributed by atoms with Crippen LogP contribution in [0.1, 0.15) is 32.9 Å². The van der Waals surface area contributed by atoms with Crippen LogP contribution < -0.4 is 14.9 Å². The molecule has 1 heterocycles. The van der Waals surface area contributed by atoms with Crippen molar-refractivity contribution in [2.75, 3.05) is 7.11 Å². The van der Waals surface area contributed by atoms with Gasteiger partial charge in [-0.3, -0.25) is 4.79 Å². The zero-order chi connectivity index (χ0) is 26.5. The van der Waals surface area contributed by atoms with Gasteiger partial charge in [-0.05, 0) is 90.4 Å². The Labute approximate surface area is 233 Å². The molecule has 4 aromatic rings. The van der Waals surface area contributed by atoms with Crippen LogP contribution >= 0.6 is 39.1 Å². The SMILES string of the molecule is COc1cc(/C=N\NC(=O)c2ccc(-n3c(C)ccc3C)cc2)c(Br)cc1OCc1ccc(Cl)cc1Cl.